The van der Waals surface area contributed by atoms with Crippen LogP contribution in [0, 0.1) is 0 Å². The van der Waals surface area contributed by atoms with Crippen LogP contribution in [0.2, 0.25) is 0 Å². The Morgan fingerprint density at radius 2 is 1.24 bits per heavy atom. The van der Waals surface area contributed by atoms with Crippen LogP contribution >= 0.6 is 35.1 Å². The number of carbonyl (C=O) groups is 2. The molecule has 0 radical (unpaired) electrons. The van der Waals surface area contributed by atoms with Gasteiger partial charge in [-0.05, 0) is 67.1 Å². The number of aryl methyl sites for hydroxylation is 1. The third-order valence-electron chi connectivity index (χ3n) is 5.54. The lowest BCUT2D eigenvalue weighted by Crippen LogP contribution is -2.21. The van der Waals surface area contributed by atoms with E-state index in [0.717, 1.165) is 27.5 Å². The van der Waals surface area contributed by atoms with Crippen LogP contribution in [0.25, 0.3) is 0 Å². The van der Waals surface area contributed by atoms with Crippen molar-refractivity contribution in [2.45, 2.75) is 38.1 Å². The molecule has 0 aliphatic carbocycles. The number of nitrogens with zero attached hydrogens (tertiary/aromatic N) is 1. The molecule has 2 aromatic heterocycles. The molecule has 3 N–H and O–H groups in total. The fourth-order valence-corrected chi connectivity index (χ4v) is 8.81. The summed E-state index contributed by atoms with van der Waals surface area (Å²) in [6, 6.07) is 18.0. The fourth-order valence-electron chi connectivity index (χ4n) is 3.39. The van der Waals surface area contributed by atoms with Gasteiger partial charge in [0.05, 0.1) is 15.4 Å². The summed E-state index contributed by atoms with van der Waals surface area (Å²) in [4.78, 5) is 26.1. The van der Waals surface area contributed by atoms with Crippen LogP contribution in [-0.4, -0.2) is 52.8 Å². The summed E-state index contributed by atoms with van der Waals surface area (Å²) in [5, 5.41) is 8.90. The van der Waals surface area contributed by atoms with Gasteiger partial charge < -0.3 is 15.7 Å². The second-order valence-electron chi connectivity index (χ2n) is 8.57. The fraction of sp³-hybridized carbons (Fsp3) is 0.185. The van der Waals surface area contributed by atoms with Gasteiger partial charge in [0.15, 0.2) is 0 Å². The van der Waals surface area contributed by atoms with E-state index in [1.54, 1.807) is 50.5 Å². The molecule has 0 saturated carbocycles. The molecule has 220 valence electrons. The first kappa shape index (κ1) is 34.1. The highest BCUT2D eigenvalue weighted by Crippen LogP contribution is 2.29. The lowest BCUT2D eigenvalue weighted by molar-refractivity contribution is 0.0696. The molecule has 0 aliphatic rings. The summed E-state index contributed by atoms with van der Waals surface area (Å²) in [5.41, 5.74) is 5.82. The van der Waals surface area contributed by atoms with E-state index in [-0.39, 0.29) is 42.1 Å². The molecule has 14 heteroatoms. The molecule has 4 aromatic rings. The minimum absolute atomic E-state index is 0. The van der Waals surface area contributed by atoms with Crippen LogP contribution in [-0.2, 0) is 32.6 Å². The number of hydrogen-bond acceptors (Lipinski definition) is 9. The summed E-state index contributed by atoms with van der Waals surface area (Å²) >= 11 is 2.36. The SMILES string of the molecule is CCc1ccc(S(=O)(=O)c2cccc(C(=O)O)c2)s1.CN(C)C(=O)c1cccc(S(=O)(=O)c2ccc(CN)s2)c1.Cl. The predicted octanol–water partition coefficient (Wildman–Crippen LogP) is 5.00. The van der Waals surface area contributed by atoms with Gasteiger partial charge in [0.1, 0.15) is 8.42 Å². The van der Waals surface area contributed by atoms with Gasteiger partial charge in [0, 0.05) is 36.0 Å². The van der Waals surface area contributed by atoms with Crippen molar-refractivity contribution < 1.29 is 31.5 Å². The number of carboxylic acid groups (broad SMARTS) is 1. The topological polar surface area (TPSA) is 152 Å². The van der Waals surface area contributed by atoms with Crippen molar-refractivity contribution in [3.05, 3.63) is 93.7 Å². The maximum atomic E-state index is 12.6. The van der Waals surface area contributed by atoms with Crippen LogP contribution in [0.15, 0.2) is 91.0 Å². The highest BCUT2D eigenvalue weighted by atomic mass is 35.5. The number of halogens is 1. The zero-order valence-electron chi connectivity index (χ0n) is 22.3. The Bertz CT molecular complexity index is 1740. The number of amides is 1. The van der Waals surface area contributed by atoms with Crippen molar-refractivity contribution in [2.75, 3.05) is 14.1 Å². The highest BCUT2D eigenvalue weighted by Gasteiger charge is 2.22. The van der Waals surface area contributed by atoms with E-state index in [1.807, 2.05) is 6.92 Å². The van der Waals surface area contributed by atoms with Gasteiger partial charge in [-0.2, -0.15) is 0 Å². The number of hydrogen-bond donors (Lipinski definition) is 2. The van der Waals surface area contributed by atoms with Gasteiger partial charge in [0.25, 0.3) is 5.91 Å². The molecule has 0 unspecified atom stereocenters. The van der Waals surface area contributed by atoms with Crippen LogP contribution in [0.1, 0.15) is 37.4 Å². The Morgan fingerprint density at radius 3 is 1.66 bits per heavy atom. The highest BCUT2D eigenvalue weighted by molar-refractivity contribution is 7.93. The van der Waals surface area contributed by atoms with Crippen molar-refractivity contribution in [2.24, 2.45) is 5.73 Å². The quantitative estimate of drug-likeness (QED) is 0.269. The van der Waals surface area contributed by atoms with Crippen molar-refractivity contribution in [3.8, 4) is 0 Å². The van der Waals surface area contributed by atoms with Gasteiger partial charge in [-0.15, -0.1) is 35.1 Å². The van der Waals surface area contributed by atoms with E-state index in [0.29, 0.717) is 12.1 Å². The van der Waals surface area contributed by atoms with Gasteiger partial charge >= 0.3 is 5.97 Å². The third-order valence-corrected chi connectivity index (χ3v) is 12.4. The molecule has 4 rings (SSSR count). The molecule has 0 fully saturated rings. The minimum atomic E-state index is -3.63. The number of sulfone groups is 2. The van der Waals surface area contributed by atoms with Crippen molar-refractivity contribution in [3.63, 3.8) is 0 Å². The smallest absolute Gasteiger partial charge is 0.335 e. The summed E-state index contributed by atoms with van der Waals surface area (Å²) in [6.45, 7) is 2.26. The van der Waals surface area contributed by atoms with Crippen LogP contribution in [0.5, 0.6) is 0 Å². The summed E-state index contributed by atoms with van der Waals surface area (Å²) in [5.74, 6) is -1.38. The molecule has 41 heavy (non-hydrogen) atoms. The number of benzene rings is 2. The van der Waals surface area contributed by atoms with E-state index in [1.165, 1.54) is 52.6 Å². The first-order chi connectivity index (χ1) is 18.8. The first-order valence-electron chi connectivity index (χ1n) is 11.8. The Labute approximate surface area is 253 Å². The number of carboxylic acids is 1. The molecular weight excluding hydrogens is 628 g/mol. The Morgan fingerprint density at radius 1 is 0.780 bits per heavy atom. The molecule has 0 spiro atoms. The number of thiophene rings is 2. The Kier molecular flexibility index (Phi) is 11.8. The maximum Gasteiger partial charge on any atom is 0.335 e. The van der Waals surface area contributed by atoms with Crippen molar-refractivity contribution >= 4 is 66.6 Å². The van der Waals surface area contributed by atoms with Crippen molar-refractivity contribution in [1.82, 2.24) is 4.90 Å². The van der Waals surface area contributed by atoms with E-state index in [2.05, 4.69) is 0 Å². The van der Waals surface area contributed by atoms with Crippen molar-refractivity contribution in [1.29, 1.82) is 0 Å². The second kappa shape index (κ2) is 14.2. The number of carbonyl (C=O) groups excluding carboxylic acids is 1. The van der Waals surface area contributed by atoms with E-state index in [4.69, 9.17) is 10.8 Å². The largest absolute Gasteiger partial charge is 0.478 e. The molecule has 0 atom stereocenters. The summed E-state index contributed by atoms with van der Waals surface area (Å²) in [6.07, 6.45) is 0.773. The van der Waals surface area contributed by atoms with Gasteiger partial charge in [0.2, 0.25) is 19.7 Å². The molecule has 9 nitrogen and oxygen atoms in total. The molecule has 0 aliphatic heterocycles. The van der Waals surface area contributed by atoms with Gasteiger partial charge in [-0.25, -0.2) is 21.6 Å². The number of rotatable bonds is 8. The lowest BCUT2D eigenvalue weighted by atomic mass is 10.2. The van der Waals surface area contributed by atoms with Gasteiger partial charge in [-0.3, -0.25) is 4.79 Å². The molecular formula is C27H29ClN2O7S4. The Balaban J connectivity index is 0.000000281. The average Bonchev–Trinajstić information content (AvgIpc) is 3.64. The molecule has 0 saturated heterocycles. The summed E-state index contributed by atoms with van der Waals surface area (Å²) in [7, 11) is -4.00. The Hall–Kier alpha value is -3.07. The lowest BCUT2D eigenvalue weighted by Gasteiger charge is -2.11. The van der Waals surface area contributed by atoms with Gasteiger partial charge in [-0.1, -0.05) is 19.1 Å². The monoisotopic (exact) mass is 656 g/mol. The first-order valence-corrected chi connectivity index (χ1v) is 16.4. The maximum absolute atomic E-state index is 12.6. The summed E-state index contributed by atoms with van der Waals surface area (Å²) < 4.78 is 50.3. The third kappa shape index (κ3) is 8.03. The zero-order valence-corrected chi connectivity index (χ0v) is 26.4. The standard InChI is InChI=1S/C14H16N2O3S2.C13H12O4S2.ClH/c1-16(2)14(17)10-4-3-5-12(8-10)21(18,19)13-7-6-11(9-15)20-13;1-2-10-6-7-12(18-10)19(16,17)11-5-3-4-9(8-11)13(14)15;/h3-8H,9,15H2,1-2H3;3-8H,2H2,1H3,(H,14,15);1H. The number of aromatic carboxylic acids is 1. The molecule has 2 aromatic carbocycles. The molecule has 2 heterocycles. The van der Waals surface area contributed by atoms with Crippen LogP contribution < -0.4 is 5.73 Å². The minimum Gasteiger partial charge on any atom is -0.478 e. The normalized spacial score (nSPS) is 11.1. The van der Waals surface area contributed by atoms with Crippen LogP contribution in [0.3, 0.4) is 0 Å². The zero-order chi connectivity index (χ0) is 29.7. The second-order valence-corrected chi connectivity index (χ2v) is 15.3. The predicted molar refractivity (Wildman–Crippen MR) is 162 cm³/mol. The molecule has 0 bridgehead atoms. The van der Waals surface area contributed by atoms with E-state index < -0.39 is 25.6 Å². The van der Waals surface area contributed by atoms with E-state index >= 15 is 0 Å². The molecule has 1 amide bonds. The van der Waals surface area contributed by atoms with E-state index in [9.17, 15) is 26.4 Å². The number of nitrogens with two attached hydrogens (primary N) is 1. The average molecular weight is 657 g/mol. The van der Waals surface area contributed by atoms with Crippen LogP contribution in [0.4, 0.5) is 0 Å².